The van der Waals surface area contributed by atoms with E-state index in [-0.39, 0.29) is 19.0 Å². The lowest BCUT2D eigenvalue weighted by atomic mass is 9.96. The Labute approximate surface area is 143 Å². The Balaban J connectivity index is 1.74. The van der Waals surface area contributed by atoms with Crippen LogP contribution in [0.4, 0.5) is 13.2 Å². The number of carboxylic acids is 1. The topological polar surface area (TPSA) is 69.6 Å². The quantitative estimate of drug-likeness (QED) is 0.731. The van der Waals surface area contributed by atoms with E-state index in [2.05, 4.69) is 5.32 Å². The molecule has 5 nitrogen and oxygen atoms in total. The lowest BCUT2D eigenvalue weighted by molar-refractivity contribution is -0.188. The molecular formula is C17H21F3N2O3. The van der Waals surface area contributed by atoms with Crippen LogP contribution in [0.2, 0.25) is 0 Å². The number of hydrogen-bond acceptors (Lipinski definition) is 3. The fourth-order valence-corrected chi connectivity index (χ4v) is 3.02. The molecular weight excluding hydrogens is 337 g/mol. The number of nitrogens with one attached hydrogen (secondary N) is 1. The number of carbonyl (C=O) groups excluding carboxylic acids is 1. The smallest absolute Gasteiger partial charge is 0.393 e. The highest BCUT2D eigenvalue weighted by Crippen LogP contribution is 2.37. The van der Waals surface area contributed by atoms with Gasteiger partial charge >= 0.3 is 12.1 Å². The fourth-order valence-electron chi connectivity index (χ4n) is 3.02. The van der Waals surface area contributed by atoms with Gasteiger partial charge in [-0.25, -0.2) is 0 Å². The number of halogens is 3. The summed E-state index contributed by atoms with van der Waals surface area (Å²) in [6.07, 6.45) is -3.06. The second-order valence-corrected chi connectivity index (χ2v) is 6.23. The van der Waals surface area contributed by atoms with E-state index >= 15 is 0 Å². The van der Waals surface area contributed by atoms with Gasteiger partial charge in [-0.05, 0) is 18.4 Å². The molecule has 1 aromatic carbocycles. The van der Waals surface area contributed by atoms with Gasteiger partial charge in [0.2, 0.25) is 5.91 Å². The number of nitrogens with zero attached hydrogens (tertiary/aromatic N) is 1. The van der Waals surface area contributed by atoms with Crippen molar-refractivity contribution in [2.24, 2.45) is 11.8 Å². The number of hydrogen-bond donors (Lipinski definition) is 2. The molecule has 2 atom stereocenters. The number of aliphatic carboxylic acids is 1. The first kappa shape index (κ1) is 19.2. The van der Waals surface area contributed by atoms with E-state index in [1.54, 1.807) is 0 Å². The Morgan fingerprint density at radius 2 is 1.88 bits per heavy atom. The van der Waals surface area contributed by atoms with Crippen LogP contribution < -0.4 is 5.32 Å². The minimum absolute atomic E-state index is 0.221. The summed E-state index contributed by atoms with van der Waals surface area (Å²) in [5.41, 5.74) is 1.15. The first-order valence-corrected chi connectivity index (χ1v) is 8.10. The van der Waals surface area contributed by atoms with Crippen molar-refractivity contribution >= 4 is 11.9 Å². The second-order valence-electron chi connectivity index (χ2n) is 6.23. The molecule has 8 heteroatoms. The van der Waals surface area contributed by atoms with Gasteiger partial charge in [0.25, 0.3) is 0 Å². The van der Waals surface area contributed by atoms with Crippen LogP contribution >= 0.6 is 0 Å². The normalized spacial score (nSPS) is 21.2. The molecule has 1 aliphatic rings. The molecule has 1 fully saturated rings. The Morgan fingerprint density at radius 1 is 1.20 bits per heavy atom. The number of alkyl halides is 3. The van der Waals surface area contributed by atoms with Gasteiger partial charge in [-0.15, -0.1) is 0 Å². The maximum Gasteiger partial charge on any atom is 0.393 e. The molecule has 2 rings (SSSR count). The predicted octanol–water partition coefficient (Wildman–Crippen LogP) is 1.93. The number of benzene rings is 1. The fraction of sp³-hybridized carbons (Fsp3) is 0.529. The highest BCUT2D eigenvalue weighted by atomic mass is 19.4. The van der Waals surface area contributed by atoms with Crippen LogP contribution in [-0.4, -0.2) is 54.2 Å². The third-order valence-electron chi connectivity index (χ3n) is 4.31. The van der Waals surface area contributed by atoms with Crippen molar-refractivity contribution in [1.29, 1.82) is 0 Å². The molecule has 0 saturated carbocycles. The monoisotopic (exact) mass is 358 g/mol. The van der Waals surface area contributed by atoms with E-state index < -0.39 is 30.5 Å². The lowest BCUT2D eigenvalue weighted by Gasteiger charge is -2.18. The van der Waals surface area contributed by atoms with Crippen molar-refractivity contribution in [2.75, 3.05) is 26.2 Å². The number of rotatable bonds is 7. The number of carboxylic acid groups (broad SMARTS) is 1. The molecule has 25 heavy (non-hydrogen) atoms. The van der Waals surface area contributed by atoms with Crippen molar-refractivity contribution < 1.29 is 27.9 Å². The molecule has 1 saturated heterocycles. The molecule has 138 valence electrons. The third kappa shape index (κ3) is 5.74. The molecule has 1 amide bonds. The summed E-state index contributed by atoms with van der Waals surface area (Å²) in [6.45, 7) is -0.525. The molecule has 2 N–H and O–H groups in total. The third-order valence-corrected chi connectivity index (χ3v) is 4.31. The van der Waals surface area contributed by atoms with Gasteiger partial charge < -0.3 is 10.4 Å². The standard InChI is InChI=1S/C17H21F3N2O3/c18-17(19,20)14-10-22(9-13(14)16(24)25)11-15(23)21-8-4-7-12-5-2-1-3-6-12/h1-3,5-6,13-14H,4,7-11H2,(H,21,23)(H,24,25)/t13-,14-/m1/s1. The highest BCUT2D eigenvalue weighted by Gasteiger charge is 2.52. The van der Waals surface area contributed by atoms with E-state index in [1.807, 2.05) is 30.3 Å². The minimum atomic E-state index is -4.58. The molecule has 1 heterocycles. The molecule has 0 radical (unpaired) electrons. The van der Waals surface area contributed by atoms with Crippen molar-refractivity contribution in [1.82, 2.24) is 10.2 Å². The zero-order valence-corrected chi connectivity index (χ0v) is 13.6. The molecule has 0 bridgehead atoms. The van der Waals surface area contributed by atoms with Crippen LogP contribution in [-0.2, 0) is 16.0 Å². The summed E-state index contributed by atoms with van der Waals surface area (Å²) in [4.78, 5) is 24.1. The number of carbonyl (C=O) groups is 2. The number of amides is 1. The molecule has 0 spiro atoms. The van der Waals surface area contributed by atoms with Gasteiger partial charge in [-0.2, -0.15) is 13.2 Å². The number of aryl methyl sites for hydroxylation is 1. The Hall–Kier alpha value is -2.09. The van der Waals surface area contributed by atoms with Gasteiger partial charge in [0.1, 0.15) is 0 Å². The average molecular weight is 358 g/mol. The van der Waals surface area contributed by atoms with E-state index in [4.69, 9.17) is 5.11 Å². The van der Waals surface area contributed by atoms with Crippen molar-refractivity contribution in [3.05, 3.63) is 35.9 Å². The lowest BCUT2D eigenvalue weighted by Crippen LogP contribution is -2.37. The average Bonchev–Trinajstić information content (AvgIpc) is 2.97. The van der Waals surface area contributed by atoms with Crippen molar-refractivity contribution in [2.45, 2.75) is 19.0 Å². The summed E-state index contributed by atoms with van der Waals surface area (Å²) >= 11 is 0. The molecule has 0 aliphatic carbocycles. The van der Waals surface area contributed by atoms with E-state index in [0.717, 1.165) is 18.4 Å². The molecule has 1 aromatic rings. The predicted molar refractivity (Wildman–Crippen MR) is 84.9 cm³/mol. The minimum Gasteiger partial charge on any atom is -0.481 e. The molecule has 1 aliphatic heterocycles. The summed E-state index contributed by atoms with van der Waals surface area (Å²) in [5, 5.41) is 11.6. The van der Waals surface area contributed by atoms with E-state index in [9.17, 15) is 22.8 Å². The van der Waals surface area contributed by atoms with Gasteiger partial charge in [0, 0.05) is 19.6 Å². The summed E-state index contributed by atoms with van der Waals surface area (Å²) in [5.74, 6) is -5.32. The zero-order valence-electron chi connectivity index (χ0n) is 13.6. The van der Waals surface area contributed by atoms with Gasteiger partial charge in [-0.3, -0.25) is 14.5 Å². The van der Waals surface area contributed by atoms with Gasteiger partial charge in [0.05, 0.1) is 18.4 Å². The van der Waals surface area contributed by atoms with Gasteiger partial charge in [0.15, 0.2) is 0 Å². The van der Waals surface area contributed by atoms with Crippen LogP contribution in [0.15, 0.2) is 30.3 Å². The van der Waals surface area contributed by atoms with Crippen LogP contribution in [0.1, 0.15) is 12.0 Å². The van der Waals surface area contributed by atoms with Crippen LogP contribution in [0.25, 0.3) is 0 Å². The molecule has 0 unspecified atom stereocenters. The first-order valence-electron chi connectivity index (χ1n) is 8.10. The summed E-state index contributed by atoms with van der Waals surface area (Å²) < 4.78 is 38.7. The van der Waals surface area contributed by atoms with E-state index in [1.165, 1.54) is 4.90 Å². The maximum absolute atomic E-state index is 12.9. The largest absolute Gasteiger partial charge is 0.481 e. The van der Waals surface area contributed by atoms with Crippen molar-refractivity contribution in [3.63, 3.8) is 0 Å². The van der Waals surface area contributed by atoms with Crippen LogP contribution in [0, 0.1) is 11.8 Å². The summed E-state index contributed by atoms with van der Waals surface area (Å²) in [6, 6.07) is 9.74. The summed E-state index contributed by atoms with van der Waals surface area (Å²) in [7, 11) is 0. The zero-order chi connectivity index (χ0) is 18.4. The van der Waals surface area contributed by atoms with Crippen molar-refractivity contribution in [3.8, 4) is 0 Å². The first-order chi connectivity index (χ1) is 11.8. The molecule has 0 aromatic heterocycles. The Morgan fingerprint density at radius 3 is 2.44 bits per heavy atom. The Bertz CT molecular complexity index is 593. The SMILES string of the molecule is O=C(CN1C[C@@H](C(F)(F)F)[C@H](C(=O)O)C1)NCCCc1ccccc1. The van der Waals surface area contributed by atoms with Crippen LogP contribution in [0.3, 0.4) is 0 Å². The van der Waals surface area contributed by atoms with Gasteiger partial charge in [-0.1, -0.05) is 30.3 Å². The highest BCUT2D eigenvalue weighted by molar-refractivity contribution is 5.78. The van der Waals surface area contributed by atoms with Crippen LogP contribution in [0.5, 0.6) is 0 Å². The van der Waals surface area contributed by atoms with E-state index in [0.29, 0.717) is 6.54 Å². The number of likely N-dealkylation sites (tertiary alicyclic amines) is 1. The Kier molecular flexibility index (Phi) is 6.41. The maximum atomic E-state index is 12.9. The second kappa shape index (κ2) is 8.33.